The molecule has 2 aromatic rings. The Balaban J connectivity index is 1.42. The van der Waals surface area contributed by atoms with E-state index in [0.29, 0.717) is 12.0 Å². The number of nitrogens with zero attached hydrogens (tertiary/aromatic N) is 5. The highest BCUT2D eigenvalue weighted by Crippen LogP contribution is 2.38. The van der Waals surface area contributed by atoms with Gasteiger partial charge in [0.25, 0.3) is 0 Å². The molecular weight excluding hydrogens is 278 g/mol. The molecule has 0 bridgehead atoms. The van der Waals surface area contributed by atoms with Gasteiger partial charge in [-0.15, -0.1) is 0 Å². The predicted octanol–water partition coefficient (Wildman–Crippen LogP) is 2.42. The van der Waals surface area contributed by atoms with E-state index in [1.807, 2.05) is 6.92 Å². The maximum Gasteiger partial charge on any atom is 0.240 e. The van der Waals surface area contributed by atoms with Crippen LogP contribution in [0, 0.1) is 13.8 Å². The Morgan fingerprint density at radius 2 is 2.14 bits per heavy atom. The Hall–Kier alpha value is -1.69. The van der Waals surface area contributed by atoms with E-state index in [4.69, 9.17) is 4.52 Å². The first-order valence-electron chi connectivity index (χ1n) is 8.26. The topological polar surface area (TPSA) is 60.0 Å². The predicted molar refractivity (Wildman–Crippen MR) is 81.4 cm³/mol. The van der Waals surface area contributed by atoms with Crippen molar-refractivity contribution in [3.05, 3.63) is 29.2 Å². The normalized spacial score (nSPS) is 22.5. The average Bonchev–Trinajstić information content (AvgIpc) is 2.93. The van der Waals surface area contributed by atoms with Crippen molar-refractivity contribution in [1.29, 1.82) is 0 Å². The summed E-state index contributed by atoms with van der Waals surface area (Å²) in [6, 6.07) is 2.65. The van der Waals surface area contributed by atoms with Crippen LogP contribution in [0.15, 0.2) is 10.6 Å². The highest BCUT2D eigenvalue weighted by molar-refractivity contribution is 5.07. The number of likely N-dealkylation sites (tertiary alicyclic amines) is 1. The minimum absolute atomic E-state index is 0.509. The molecule has 1 atom stereocenters. The Labute approximate surface area is 130 Å². The van der Waals surface area contributed by atoms with Gasteiger partial charge >= 0.3 is 0 Å². The highest BCUT2D eigenvalue weighted by Gasteiger charge is 2.31. The molecule has 0 amide bonds. The lowest BCUT2D eigenvalue weighted by molar-refractivity contribution is 0.191. The Bertz CT molecular complexity index is 657. The second-order valence-corrected chi connectivity index (χ2v) is 6.70. The molecule has 1 aliphatic heterocycles. The lowest BCUT2D eigenvalue weighted by atomic mass is 10.2. The molecule has 6 heteroatoms. The van der Waals surface area contributed by atoms with Gasteiger partial charge in [-0.25, -0.2) is 0 Å². The first-order chi connectivity index (χ1) is 10.7. The molecule has 2 aliphatic rings. The second-order valence-electron chi connectivity index (χ2n) is 6.70. The van der Waals surface area contributed by atoms with Crippen LogP contribution in [0.25, 0.3) is 0 Å². The molecule has 0 unspecified atom stereocenters. The van der Waals surface area contributed by atoms with Gasteiger partial charge in [0.05, 0.1) is 18.8 Å². The van der Waals surface area contributed by atoms with Gasteiger partial charge in [-0.1, -0.05) is 5.16 Å². The smallest absolute Gasteiger partial charge is 0.240 e. The molecule has 2 fully saturated rings. The average molecular weight is 301 g/mol. The summed E-state index contributed by atoms with van der Waals surface area (Å²) < 4.78 is 7.56. The molecule has 0 N–H and O–H groups in total. The molecule has 2 aromatic heterocycles. The van der Waals surface area contributed by atoms with Crippen molar-refractivity contribution in [2.24, 2.45) is 0 Å². The number of hydrogen-bond donors (Lipinski definition) is 0. The van der Waals surface area contributed by atoms with Gasteiger partial charge in [-0.2, -0.15) is 10.1 Å². The van der Waals surface area contributed by atoms with E-state index < -0.39 is 0 Å². The van der Waals surface area contributed by atoms with Crippen LogP contribution in [0.2, 0.25) is 0 Å². The van der Waals surface area contributed by atoms with E-state index in [9.17, 15) is 0 Å². The summed E-state index contributed by atoms with van der Waals surface area (Å²) >= 11 is 0. The molecule has 1 saturated heterocycles. The number of aromatic nitrogens is 4. The molecule has 118 valence electrons. The number of rotatable bonds is 5. The number of hydrogen-bond acceptors (Lipinski definition) is 5. The van der Waals surface area contributed by atoms with Crippen molar-refractivity contribution < 1.29 is 4.52 Å². The summed E-state index contributed by atoms with van der Waals surface area (Å²) in [6.07, 6.45) is 4.86. The Morgan fingerprint density at radius 3 is 2.86 bits per heavy atom. The van der Waals surface area contributed by atoms with Crippen LogP contribution in [0.4, 0.5) is 0 Å². The zero-order valence-electron chi connectivity index (χ0n) is 13.3. The van der Waals surface area contributed by atoms with Gasteiger partial charge in [-0.3, -0.25) is 9.58 Å². The third-order valence-electron chi connectivity index (χ3n) is 4.75. The lowest BCUT2D eigenvalue weighted by Gasteiger charge is -2.23. The monoisotopic (exact) mass is 301 g/mol. The molecule has 0 radical (unpaired) electrons. The molecule has 22 heavy (non-hydrogen) atoms. The van der Waals surface area contributed by atoms with Crippen LogP contribution in [-0.2, 0) is 13.1 Å². The molecular formula is C16H23N5O. The van der Waals surface area contributed by atoms with Crippen molar-refractivity contribution in [3.63, 3.8) is 0 Å². The van der Waals surface area contributed by atoms with Crippen molar-refractivity contribution in [2.75, 3.05) is 6.54 Å². The molecule has 0 aromatic carbocycles. The standard InChI is InChI=1S/C16H23N5O/c1-11-8-12(2)21(18-11)9-14-4-3-7-20(14)10-15-17-16(19-22-15)13-5-6-13/h8,13-14H,3-7,9-10H2,1-2H3/t14-/m0/s1. The molecule has 6 nitrogen and oxygen atoms in total. The zero-order valence-corrected chi connectivity index (χ0v) is 13.3. The van der Waals surface area contributed by atoms with Gasteiger partial charge in [0.15, 0.2) is 5.82 Å². The fourth-order valence-corrected chi connectivity index (χ4v) is 3.38. The van der Waals surface area contributed by atoms with Crippen LogP contribution < -0.4 is 0 Å². The van der Waals surface area contributed by atoms with E-state index in [2.05, 4.69) is 37.8 Å². The summed E-state index contributed by atoms with van der Waals surface area (Å²) in [5, 5.41) is 8.71. The summed E-state index contributed by atoms with van der Waals surface area (Å²) in [6.45, 7) is 6.99. The van der Waals surface area contributed by atoms with E-state index in [1.54, 1.807) is 0 Å². The van der Waals surface area contributed by atoms with Crippen LogP contribution in [0.5, 0.6) is 0 Å². The fraction of sp³-hybridized carbons (Fsp3) is 0.688. The summed E-state index contributed by atoms with van der Waals surface area (Å²) in [4.78, 5) is 7.02. The number of aryl methyl sites for hydroxylation is 2. The lowest BCUT2D eigenvalue weighted by Crippen LogP contribution is -2.33. The summed E-state index contributed by atoms with van der Waals surface area (Å²) in [7, 11) is 0. The summed E-state index contributed by atoms with van der Waals surface area (Å²) in [5.74, 6) is 2.23. The van der Waals surface area contributed by atoms with Crippen molar-refractivity contribution in [3.8, 4) is 0 Å². The molecule has 0 spiro atoms. The van der Waals surface area contributed by atoms with Crippen molar-refractivity contribution >= 4 is 0 Å². The Morgan fingerprint density at radius 1 is 1.27 bits per heavy atom. The first kappa shape index (κ1) is 13.9. The Kier molecular flexibility index (Phi) is 3.48. The van der Waals surface area contributed by atoms with Gasteiger partial charge in [0.2, 0.25) is 5.89 Å². The summed E-state index contributed by atoms with van der Waals surface area (Å²) in [5.41, 5.74) is 2.33. The van der Waals surface area contributed by atoms with Crippen LogP contribution in [-0.4, -0.2) is 37.4 Å². The molecule has 3 heterocycles. The first-order valence-corrected chi connectivity index (χ1v) is 8.26. The SMILES string of the molecule is Cc1cc(C)n(C[C@@H]2CCCN2Cc2nc(C3CC3)no2)n1. The van der Waals surface area contributed by atoms with Crippen LogP contribution in [0.1, 0.15) is 54.7 Å². The van der Waals surface area contributed by atoms with Gasteiger partial charge < -0.3 is 4.52 Å². The van der Waals surface area contributed by atoms with E-state index in [0.717, 1.165) is 37.0 Å². The van der Waals surface area contributed by atoms with Gasteiger partial charge in [0, 0.05) is 17.7 Å². The molecule has 1 saturated carbocycles. The van der Waals surface area contributed by atoms with Crippen molar-refractivity contribution in [2.45, 2.75) is 64.6 Å². The maximum atomic E-state index is 5.43. The minimum atomic E-state index is 0.509. The van der Waals surface area contributed by atoms with Gasteiger partial charge in [0.1, 0.15) is 0 Å². The van der Waals surface area contributed by atoms with Crippen LogP contribution in [0.3, 0.4) is 0 Å². The third kappa shape index (κ3) is 2.79. The maximum absolute atomic E-state index is 5.43. The molecule has 4 rings (SSSR count). The fourth-order valence-electron chi connectivity index (χ4n) is 3.38. The third-order valence-corrected chi connectivity index (χ3v) is 4.75. The van der Waals surface area contributed by atoms with Crippen LogP contribution >= 0.6 is 0 Å². The quantitative estimate of drug-likeness (QED) is 0.849. The highest BCUT2D eigenvalue weighted by atomic mass is 16.5. The largest absolute Gasteiger partial charge is 0.338 e. The van der Waals surface area contributed by atoms with Crippen molar-refractivity contribution in [1.82, 2.24) is 24.8 Å². The zero-order chi connectivity index (χ0) is 15.1. The van der Waals surface area contributed by atoms with E-state index >= 15 is 0 Å². The van der Waals surface area contributed by atoms with E-state index in [1.165, 1.54) is 31.4 Å². The molecule has 1 aliphatic carbocycles. The second kappa shape index (κ2) is 5.50. The minimum Gasteiger partial charge on any atom is -0.338 e. The van der Waals surface area contributed by atoms with Gasteiger partial charge in [-0.05, 0) is 52.1 Å². The van der Waals surface area contributed by atoms with E-state index in [-0.39, 0.29) is 0 Å².